The first-order valence-electron chi connectivity index (χ1n) is 10.4. The summed E-state index contributed by atoms with van der Waals surface area (Å²) in [6.45, 7) is 0. The van der Waals surface area contributed by atoms with Crippen LogP contribution in [-0.4, -0.2) is 31.2 Å². The van der Waals surface area contributed by atoms with Crippen molar-refractivity contribution in [1.29, 1.82) is 0 Å². The number of nitrogens with zero attached hydrogens (tertiary/aromatic N) is 3. The lowest BCUT2D eigenvalue weighted by molar-refractivity contribution is -0.0167. The Labute approximate surface area is 163 Å². The molecule has 2 N–H and O–H groups in total. The van der Waals surface area contributed by atoms with E-state index in [0.717, 1.165) is 40.0 Å². The fourth-order valence-corrected chi connectivity index (χ4v) is 6.52. The number of nitrogens with one attached hydrogen (secondary N) is 2. The molecule has 0 atom stereocenters. The van der Waals surface area contributed by atoms with Gasteiger partial charge in [0.15, 0.2) is 0 Å². The number of carbonyl (C=O) groups excluding carboxylic acids is 1. The third kappa shape index (κ3) is 2.43. The van der Waals surface area contributed by atoms with Crippen LogP contribution in [0.2, 0.25) is 0 Å². The number of fused-ring (bicyclic) bond motifs is 1. The van der Waals surface area contributed by atoms with E-state index in [0.29, 0.717) is 5.56 Å². The molecule has 1 amide bonds. The number of hydrogen-bond acceptors (Lipinski definition) is 3. The number of amides is 1. The lowest BCUT2D eigenvalue weighted by atomic mass is 9.53. The van der Waals surface area contributed by atoms with Crippen molar-refractivity contribution in [3.05, 3.63) is 36.3 Å². The maximum absolute atomic E-state index is 13.1. The van der Waals surface area contributed by atoms with E-state index >= 15 is 0 Å². The predicted molar refractivity (Wildman–Crippen MR) is 107 cm³/mol. The lowest BCUT2D eigenvalue weighted by Gasteiger charge is -2.56. The van der Waals surface area contributed by atoms with E-state index in [1.165, 1.54) is 38.5 Å². The zero-order chi connectivity index (χ0) is 18.9. The fraction of sp³-hybridized carbons (Fsp3) is 0.500. The Morgan fingerprint density at radius 2 is 1.89 bits per heavy atom. The topological polar surface area (TPSA) is 75.6 Å². The van der Waals surface area contributed by atoms with Gasteiger partial charge in [-0.3, -0.25) is 9.89 Å². The highest BCUT2D eigenvalue weighted by molar-refractivity contribution is 6.00. The summed E-state index contributed by atoms with van der Waals surface area (Å²) in [6.07, 6.45) is 11.2. The third-order valence-electron chi connectivity index (χ3n) is 7.30. The predicted octanol–water partition coefficient (Wildman–Crippen LogP) is 3.66. The number of aryl methyl sites for hydroxylation is 1. The molecule has 0 spiro atoms. The molecular formula is C22H25N5O. The number of rotatable bonds is 3. The molecule has 1 aromatic carbocycles. The summed E-state index contributed by atoms with van der Waals surface area (Å²) >= 11 is 0. The number of carbonyl (C=O) groups is 1. The summed E-state index contributed by atoms with van der Waals surface area (Å²) in [5.74, 6) is 2.52. The van der Waals surface area contributed by atoms with Crippen molar-refractivity contribution < 1.29 is 4.79 Å². The molecule has 2 heterocycles. The maximum Gasteiger partial charge on any atom is 0.251 e. The molecule has 4 saturated carbocycles. The Balaban J connectivity index is 1.29. The van der Waals surface area contributed by atoms with Gasteiger partial charge in [-0.1, -0.05) is 0 Å². The Bertz CT molecular complexity index is 1040. The highest BCUT2D eigenvalue weighted by Crippen LogP contribution is 2.55. The molecule has 0 aliphatic heterocycles. The van der Waals surface area contributed by atoms with Crippen LogP contribution in [0.15, 0.2) is 30.7 Å². The molecule has 4 bridgehead atoms. The van der Waals surface area contributed by atoms with Crippen LogP contribution < -0.4 is 5.32 Å². The van der Waals surface area contributed by atoms with Crippen LogP contribution in [0.25, 0.3) is 22.3 Å². The molecule has 4 aliphatic carbocycles. The zero-order valence-corrected chi connectivity index (χ0v) is 16.1. The molecule has 0 saturated heterocycles. The molecule has 0 unspecified atom stereocenters. The summed E-state index contributed by atoms with van der Waals surface area (Å²) in [4.78, 5) is 17.3. The van der Waals surface area contributed by atoms with Gasteiger partial charge in [-0.15, -0.1) is 0 Å². The molecule has 3 aromatic rings. The largest absolute Gasteiger partial charge is 0.347 e. The van der Waals surface area contributed by atoms with E-state index in [-0.39, 0.29) is 11.4 Å². The van der Waals surface area contributed by atoms with E-state index in [1.807, 2.05) is 36.0 Å². The third-order valence-corrected chi connectivity index (χ3v) is 7.30. The molecular weight excluding hydrogens is 350 g/mol. The first-order valence-corrected chi connectivity index (χ1v) is 10.4. The van der Waals surface area contributed by atoms with Gasteiger partial charge in [-0.2, -0.15) is 5.10 Å². The average Bonchev–Trinajstić information content (AvgIpc) is 3.25. The minimum atomic E-state index is 0.0364. The van der Waals surface area contributed by atoms with Crippen LogP contribution in [0.1, 0.15) is 48.9 Å². The summed E-state index contributed by atoms with van der Waals surface area (Å²) in [7, 11) is 1.95. The van der Waals surface area contributed by atoms with E-state index in [9.17, 15) is 4.79 Å². The Kier molecular flexibility index (Phi) is 3.32. The molecule has 6 heteroatoms. The lowest BCUT2D eigenvalue weighted by Crippen LogP contribution is -2.59. The number of imidazole rings is 1. The molecule has 28 heavy (non-hydrogen) atoms. The van der Waals surface area contributed by atoms with Crippen molar-refractivity contribution in [2.75, 3.05) is 0 Å². The highest BCUT2D eigenvalue weighted by atomic mass is 16.1. The highest BCUT2D eigenvalue weighted by Gasteiger charge is 2.51. The molecule has 4 fully saturated rings. The Morgan fingerprint density at radius 3 is 2.54 bits per heavy atom. The van der Waals surface area contributed by atoms with Gasteiger partial charge >= 0.3 is 0 Å². The molecule has 7 rings (SSSR count). The van der Waals surface area contributed by atoms with Crippen LogP contribution in [0.3, 0.4) is 0 Å². The minimum Gasteiger partial charge on any atom is -0.347 e. The minimum absolute atomic E-state index is 0.0364. The maximum atomic E-state index is 13.1. The number of benzene rings is 1. The van der Waals surface area contributed by atoms with Gasteiger partial charge in [0, 0.05) is 23.5 Å². The van der Waals surface area contributed by atoms with Crippen LogP contribution in [0.4, 0.5) is 0 Å². The first-order chi connectivity index (χ1) is 13.6. The molecule has 0 radical (unpaired) electrons. The average molecular weight is 375 g/mol. The van der Waals surface area contributed by atoms with Crippen LogP contribution in [0.5, 0.6) is 0 Å². The van der Waals surface area contributed by atoms with Gasteiger partial charge in [0.2, 0.25) is 0 Å². The van der Waals surface area contributed by atoms with Gasteiger partial charge in [0.25, 0.3) is 5.91 Å². The van der Waals surface area contributed by atoms with Crippen molar-refractivity contribution in [3.8, 4) is 11.4 Å². The summed E-state index contributed by atoms with van der Waals surface area (Å²) in [5, 5.41) is 12.0. The van der Waals surface area contributed by atoms with Crippen molar-refractivity contribution in [2.45, 2.75) is 44.1 Å². The standard InChI is InChI=1S/C22H25N5O/c1-27-12-23-11-19(27)20-17-3-2-16(7-18(17)25-26-20)21(28)24-22-8-13-4-14(9-22)6-15(5-13)10-22/h2-3,7,11-15H,4-6,8-10H2,1H3,(H,24,28)(H,25,26). The van der Waals surface area contributed by atoms with Crippen LogP contribution >= 0.6 is 0 Å². The smallest absolute Gasteiger partial charge is 0.251 e. The van der Waals surface area contributed by atoms with Crippen molar-refractivity contribution >= 4 is 16.8 Å². The summed E-state index contributed by atoms with van der Waals surface area (Å²) in [6, 6.07) is 5.85. The van der Waals surface area contributed by atoms with Crippen LogP contribution in [-0.2, 0) is 7.05 Å². The monoisotopic (exact) mass is 375 g/mol. The van der Waals surface area contributed by atoms with Gasteiger partial charge in [0.1, 0.15) is 5.69 Å². The van der Waals surface area contributed by atoms with Gasteiger partial charge in [0.05, 0.1) is 23.7 Å². The summed E-state index contributed by atoms with van der Waals surface area (Å²) in [5.41, 5.74) is 3.45. The number of H-pyrrole nitrogens is 1. The number of hydrogen-bond donors (Lipinski definition) is 2. The Morgan fingerprint density at radius 1 is 1.18 bits per heavy atom. The molecule has 144 valence electrons. The number of aromatic nitrogens is 4. The SMILES string of the molecule is Cn1cncc1-c1n[nH]c2cc(C(=O)NC34CC5CC(CC(C5)C3)C4)ccc12. The quantitative estimate of drug-likeness (QED) is 0.733. The summed E-state index contributed by atoms with van der Waals surface area (Å²) < 4.78 is 1.95. The van der Waals surface area contributed by atoms with E-state index in [4.69, 9.17) is 0 Å². The molecule has 4 aliphatic rings. The van der Waals surface area contributed by atoms with E-state index in [1.54, 1.807) is 6.33 Å². The fourth-order valence-electron chi connectivity index (χ4n) is 6.52. The van der Waals surface area contributed by atoms with Crippen molar-refractivity contribution in [3.63, 3.8) is 0 Å². The second-order valence-corrected chi connectivity index (χ2v) is 9.37. The van der Waals surface area contributed by atoms with Crippen molar-refractivity contribution in [1.82, 2.24) is 25.1 Å². The second kappa shape index (κ2) is 5.69. The van der Waals surface area contributed by atoms with E-state index < -0.39 is 0 Å². The normalized spacial score (nSPS) is 30.8. The second-order valence-electron chi connectivity index (χ2n) is 9.37. The van der Waals surface area contributed by atoms with Crippen molar-refractivity contribution in [2.24, 2.45) is 24.8 Å². The van der Waals surface area contributed by atoms with Gasteiger partial charge in [-0.25, -0.2) is 4.98 Å². The number of aromatic amines is 1. The van der Waals surface area contributed by atoms with Gasteiger partial charge < -0.3 is 9.88 Å². The molecule has 6 nitrogen and oxygen atoms in total. The van der Waals surface area contributed by atoms with Crippen LogP contribution in [0, 0.1) is 17.8 Å². The molecule has 2 aromatic heterocycles. The van der Waals surface area contributed by atoms with Gasteiger partial charge in [-0.05, 0) is 74.5 Å². The zero-order valence-electron chi connectivity index (χ0n) is 16.1. The first kappa shape index (κ1) is 16.3. The van der Waals surface area contributed by atoms with E-state index in [2.05, 4.69) is 20.5 Å². The Hall–Kier alpha value is -2.63.